The SMILES string of the molecule is COC[C@H](NC(=O)COC(C)C)c1ccccn1. The van der Waals surface area contributed by atoms with Crippen LogP contribution in [0.2, 0.25) is 0 Å². The molecule has 100 valence electrons. The molecule has 18 heavy (non-hydrogen) atoms. The zero-order chi connectivity index (χ0) is 13.4. The molecule has 0 saturated carbocycles. The maximum atomic E-state index is 11.7. The largest absolute Gasteiger partial charge is 0.382 e. The van der Waals surface area contributed by atoms with Gasteiger partial charge in [-0.05, 0) is 26.0 Å². The number of hydrogen-bond donors (Lipinski definition) is 1. The van der Waals surface area contributed by atoms with Gasteiger partial charge in [-0.3, -0.25) is 9.78 Å². The van der Waals surface area contributed by atoms with E-state index in [1.54, 1.807) is 13.3 Å². The van der Waals surface area contributed by atoms with Crippen molar-refractivity contribution in [3.8, 4) is 0 Å². The lowest BCUT2D eigenvalue weighted by atomic mass is 10.2. The molecule has 1 rings (SSSR count). The van der Waals surface area contributed by atoms with E-state index in [0.717, 1.165) is 5.69 Å². The van der Waals surface area contributed by atoms with E-state index in [2.05, 4.69) is 10.3 Å². The molecule has 0 aliphatic heterocycles. The van der Waals surface area contributed by atoms with Crippen LogP contribution in [-0.2, 0) is 14.3 Å². The second kappa shape index (κ2) is 7.79. The summed E-state index contributed by atoms with van der Waals surface area (Å²) in [5.74, 6) is -0.170. The number of nitrogens with zero attached hydrogens (tertiary/aromatic N) is 1. The molecular formula is C13H20N2O3. The zero-order valence-corrected chi connectivity index (χ0v) is 11.1. The number of aromatic nitrogens is 1. The first kappa shape index (κ1) is 14.6. The average Bonchev–Trinajstić information content (AvgIpc) is 2.37. The van der Waals surface area contributed by atoms with Gasteiger partial charge >= 0.3 is 0 Å². The summed E-state index contributed by atoms with van der Waals surface area (Å²) in [5, 5.41) is 2.84. The topological polar surface area (TPSA) is 60.5 Å². The number of carbonyl (C=O) groups excluding carboxylic acids is 1. The molecule has 1 atom stereocenters. The summed E-state index contributed by atoms with van der Waals surface area (Å²) >= 11 is 0. The van der Waals surface area contributed by atoms with Crippen LogP contribution in [0.15, 0.2) is 24.4 Å². The molecule has 0 aliphatic carbocycles. The lowest BCUT2D eigenvalue weighted by molar-refractivity contribution is -0.128. The Morgan fingerprint density at radius 2 is 2.22 bits per heavy atom. The summed E-state index contributed by atoms with van der Waals surface area (Å²) in [7, 11) is 1.59. The highest BCUT2D eigenvalue weighted by atomic mass is 16.5. The molecule has 0 spiro atoms. The van der Waals surface area contributed by atoms with Crippen molar-refractivity contribution in [2.75, 3.05) is 20.3 Å². The Bertz CT molecular complexity index is 355. The van der Waals surface area contributed by atoms with Crippen molar-refractivity contribution >= 4 is 5.91 Å². The van der Waals surface area contributed by atoms with Crippen LogP contribution in [0.4, 0.5) is 0 Å². The van der Waals surface area contributed by atoms with Crippen molar-refractivity contribution in [2.24, 2.45) is 0 Å². The Morgan fingerprint density at radius 3 is 2.78 bits per heavy atom. The van der Waals surface area contributed by atoms with E-state index in [4.69, 9.17) is 9.47 Å². The van der Waals surface area contributed by atoms with Gasteiger partial charge < -0.3 is 14.8 Å². The van der Waals surface area contributed by atoms with Crippen LogP contribution in [0.25, 0.3) is 0 Å². The quantitative estimate of drug-likeness (QED) is 0.795. The number of amides is 1. The van der Waals surface area contributed by atoms with Gasteiger partial charge in [0.05, 0.1) is 24.4 Å². The monoisotopic (exact) mass is 252 g/mol. The number of ether oxygens (including phenoxy) is 2. The van der Waals surface area contributed by atoms with Crippen LogP contribution in [0.5, 0.6) is 0 Å². The normalized spacial score (nSPS) is 12.4. The maximum Gasteiger partial charge on any atom is 0.246 e. The van der Waals surface area contributed by atoms with Crippen molar-refractivity contribution in [1.29, 1.82) is 0 Å². The third-order valence-electron chi connectivity index (χ3n) is 2.26. The van der Waals surface area contributed by atoms with Crippen molar-refractivity contribution in [3.05, 3.63) is 30.1 Å². The second-order valence-corrected chi connectivity index (χ2v) is 4.19. The minimum Gasteiger partial charge on any atom is -0.382 e. The second-order valence-electron chi connectivity index (χ2n) is 4.19. The van der Waals surface area contributed by atoms with E-state index >= 15 is 0 Å². The highest BCUT2D eigenvalue weighted by Crippen LogP contribution is 2.09. The Labute approximate surface area is 108 Å². The first-order valence-electron chi connectivity index (χ1n) is 5.94. The first-order chi connectivity index (χ1) is 8.63. The molecule has 5 nitrogen and oxygen atoms in total. The third-order valence-corrected chi connectivity index (χ3v) is 2.26. The molecule has 1 aromatic heterocycles. The van der Waals surface area contributed by atoms with Crippen LogP contribution in [-0.4, -0.2) is 37.3 Å². The lowest BCUT2D eigenvalue weighted by Crippen LogP contribution is -2.35. The summed E-state index contributed by atoms with van der Waals surface area (Å²) in [5.41, 5.74) is 0.775. The van der Waals surface area contributed by atoms with E-state index in [1.807, 2.05) is 32.0 Å². The van der Waals surface area contributed by atoms with Crippen LogP contribution >= 0.6 is 0 Å². The zero-order valence-electron chi connectivity index (χ0n) is 11.1. The summed E-state index contributed by atoms with van der Waals surface area (Å²) in [6, 6.07) is 5.31. The van der Waals surface area contributed by atoms with Crippen molar-refractivity contribution in [1.82, 2.24) is 10.3 Å². The fraction of sp³-hybridized carbons (Fsp3) is 0.538. The van der Waals surface area contributed by atoms with E-state index in [1.165, 1.54) is 0 Å². The molecule has 1 aromatic rings. The van der Waals surface area contributed by atoms with Crippen LogP contribution in [0, 0.1) is 0 Å². The van der Waals surface area contributed by atoms with Crippen molar-refractivity contribution in [2.45, 2.75) is 26.0 Å². The Kier molecular flexibility index (Phi) is 6.32. The Morgan fingerprint density at radius 1 is 1.44 bits per heavy atom. The van der Waals surface area contributed by atoms with E-state index in [0.29, 0.717) is 6.61 Å². The summed E-state index contributed by atoms with van der Waals surface area (Å²) in [6.45, 7) is 4.20. The predicted octanol–water partition coefficient (Wildman–Crippen LogP) is 1.31. The Balaban J connectivity index is 2.55. The number of methoxy groups -OCH3 is 1. The number of rotatable bonds is 7. The van der Waals surface area contributed by atoms with Crippen LogP contribution in [0.3, 0.4) is 0 Å². The van der Waals surface area contributed by atoms with Gasteiger partial charge in [0.1, 0.15) is 6.61 Å². The number of nitrogens with one attached hydrogen (secondary N) is 1. The van der Waals surface area contributed by atoms with Gasteiger partial charge in [-0.15, -0.1) is 0 Å². The molecule has 0 aliphatic rings. The van der Waals surface area contributed by atoms with Gasteiger partial charge in [-0.2, -0.15) is 0 Å². The lowest BCUT2D eigenvalue weighted by Gasteiger charge is -2.17. The van der Waals surface area contributed by atoms with Gasteiger partial charge in [0.2, 0.25) is 5.91 Å². The highest BCUT2D eigenvalue weighted by Gasteiger charge is 2.15. The number of pyridine rings is 1. The fourth-order valence-electron chi connectivity index (χ4n) is 1.43. The van der Waals surface area contributed by atoms with Gasteiger partial charge in [0.15, 0.2) is 0 Å². The Hall–Kier alpha value is -1.46. The predicted molar refractivity (Wildman–Crippen MR) is 68.1 cm³/mol. The molecule has 5 heteroatoms. The van der Waals surface area contributed by atoms with E-state index in [9.17, 15) is 4.79 Å². The van der Waals surface area contributed by atoms with E-state index in [-0.39, 0.29) is 24.7 Å². The van der Waals surface area contributed by atoms with Crippen LogP contribution < -0.4 is 5.32 Å². The first-order valence-corrected chi connectivity index (χ1v) is 5.94. The molecule has 0 radical (unpaired) electrons. The average molecular weight is 252 g/mol. The fourth-order valence-corrected chi connectivity index (χ4v) is 1.43. The summed E-state index contributed by atoms with van der Waals surface area (Å²) in [4.78, 5) is 15.9. The maximum absolute atomic E-state index is 11.7. The van der Waals surface area contributed by atoms with Crippen molar-refractivity contribution < 1.29 is 14.3 Å². The molecule has 0 bridgehead atoms. The molecule has 1 heterocycles. The van der Waals surface area contributed by atoms with Crippen LogP contribution in [0.1, 0.15) is 25.6 Å². The number of carbonyl (C=O) groups is 1. The molecular weight excluding hydrogens is 232 g/mol. The van der Waals surface area contributed by atoms with Gasteiger partial charge in [-0.1, -0.05) is 6.07 Å². The number of hydrogen-bond acceptors (Lipinski definition) is 4. The molecule has 1 amide bonds. The minimum absolute atomic E-state index is 0.0338. The summed E-state index contributed by atoms with van der Waals surface area (Å²) in [6.07, 6.45) is 1.72. The smallest absolute Gasteiger partial charge is 0.246 e. The molecule has 0 fully saturated rings. The van der Waals surface area contributed by atoms with Gasteiger partial charge in [0.25, 0.3) is 0 Å². The van der Waals surface area contributed by atoms with Gasteiger partial charge in [-0.25, -0.2) is 0 Å². The molecule has 0 saturated heterocycles. The van der Waals surface area contributed by atoms with Gasteiger partial charge in [0, 0.05) is 13.3 Å². The van der Waals surface area contributed by atoms with E-state index < -0.39 is 0 Å². The minimum atomic E-state index is -0.250. The molecule has 1 N–H and O–H groups in total. The highest BCUT2D eigenvalue weighted by molar-refractivity contribution is 5.77. The third kappa shape index (κ3) is 5.25. The summed E-state index contributed by atoms with van der Waals surface area (Å²) < 4.78 is 10.3. The standard InChI is InChI=1S/C13H20N2O3/c1-10(2)18-9-13(16)15-12(8-17-3)11-6-4-5-7-14-11/h4-7,10,12H,8-9H2,1-3H3,(H,15,16)/t12-/m0/s1. The molecule has 0 unspecified atom stereocenters. The van der Waals surface area contributed by atoms with Crippen molar-refractivity contribution in [3.63, 3.8) is 0 Å². The molecule has 0 aromatic carbocycles.